The first-order valence-corrected chi connectivity index (χ1v) is 10.8. The van der Waals surface area contributed by atoms with Gasteiger partial charge in [-0.2, -0.15) is 0 Å². The Kier molecular flexibility index (Phi) is 7.94. The predicted octanol–water partition coefficient (Wildman–Crippen LogP) is 5.41. The van der Waals surface area contributed by atoms with E-state index in [1.54, 1.807) is 6.92 Å². The van der Waals surface area contributed by atoms with Crippen LogP contribution in [-0.4, -0.2) is 41.7 Å². The van der Waals surface area contributed by atoms with Gasteiger partial charge in [-0.1, -0.05) is 26.0 Å². The SMILES string of the molecule is CC(=O)N(CC[C@H](c1ccc(OC(C)C)cc1)C(C)C)[C@H]1CCOC(C)(C)C1. The van der Waals surface area contributed by atoms with Gasteiger partial charge in [0.25, 0.3) is 0 Å². The monoisotopic (exact) mass is 389 g/mol. The highest BCUT2D eigenvalue weighted by Gasteiger charge is 2.33. The van der Waals surface area contributed by atoms with Crippen LogP contribution in [0.5, 0.6) is 5.75 Å². The van der Waals surface area contributed by atoms with E-state index in [4.69, 9.17) is 9.47 Å². The van der Waals surface area contributed by atoms with Crippen molar-refractivity contribution in [3.05, 3.63) is 29.8 Å². The molecule has 1 aromatic carbocycles. The maximum atomic E-state index is 12.4. The molecule has 1 heterocycles. The van der Waals surface area contributed by atoms with E-state index in [0.717, 1.165) is 38.2 Å². The lowest BCUT2D eigenvalue weighted by atomic mass is 9.85. The summed E-state index contributed by atoms with van der Waals surface area (Å²) in [7, 11) is 0. The number of hydrogen-bond donors (Lipinski definition) is 0. The molecule has 0 aliphatic carbocycles. The highest BCUT2D eigenvalue weighted by atomic mass is 16.5. The summed E-state index contributed by atoms with van der Waals surface area (Å²) in [6.45, 7) is 16.1. The molecular formula is C24H39NO3. The first kappa shape index (κ1) is 22.7. The molecule has 1 aliphatic rings. The second-order valence-corrected chi connectivity index (χ2v) is 9.34. The van der Waals surface area contributed by atoms with Crippen LogP contribution in [0.4, 0.5) is 0 Å². The van der Waals surface area contributed by atoms with Crippen molar-refractivity contribution in [3.8, 4) is 5.75 Å². The topological polar surface area (TPSA) is 38.8 Å². The van der Waals surface area contributed by atoms with Gasteiger partial charge in [0.1, 0.15) is 5.75 Å². The Hall–Kier alpha value is -1.55. The lowest BCUT2D eigenvalue weighted by Crippen LogP contribution is -2.48. The van der Waals surface area contributed by atoms with Gasteiger partial charge in [-0.25, -0.2) is 0 Å². The maximum absolute atomic E-state index is 12.4. The molecule has 1 amide bonds. The minimum Gasteiger partial charge on any atom is -0.491 e. The molecule has 0 spiro atoms. The zero-order chi connectivity index (χ0) is 20.9. The quantitative estimate of drug-likeness (QED) is 0.597. The van der Waals surface area contributed by atoms with Crippen LogP contribution >= 0.6 is 0 Å². The predicted molar refractivity (Wildman–Crippen MR) is 115 cm³/mol. The summed E-state index contributed by atoms with van der Waals surface area (Å²) in [6, 6.07) is 8.76. The number of benzene rings is 1. The van der Waals surface area contributed by atoms with Crippen LogP contribution in [0.2, 0.25) is 0 Å². The Morgan fingerprint density at radius 1 is 1.21 bits per heavy atom. The summed E-state index contributed by atoms with van der Waals surface area (Å²) in [5, 5.41) is 0. The second kappa shape index (κ2) is 9.78. The number of carbonyl (C=O) groups excluding carboxylic acids is 1. The van der Waals surface area contributed by atoms with E-state index in [2.05, 4.69) is 56.9 Å². The molecule has 4 heteroatoms. The molecule has 0 radical (unpaired) electrons. The molecule has 0 aromatic heterocycles. The molecule has 1 aromatic rings. The third-order valence-electron chi connectivity index (χ3n) is 5.68. The summed E-state index contributed by atoms with van der Waals surface area (Å²) in [6.07, 6.45) is 2.98. The second-order valence-electron chi connectivity index (χ2n) is 9.34. The van der Waals surface area contributed by atoms with E-state index < -0.39 is 0 Å². The van der Waals surface area contributed by atoms with Gasteiger partial charge >= 0.3 is 0 Å². The zero-order valence-corrected chi connectivity index (χ0v) is 18.8. The van der Waals surface area contributed by atoms with Crippen LogP contribution in [0, 0.1) is 5.92 Å². The molecule has 0 N–H and O–H groups in total. The fourth-order valence-electron chi connectivity index (χ4n) is 4.29. The summed E-state index contributed by atoms with van der Waals surface area (Å²) < 4.78 is 11.6. The fraction of sp³-hybridized carbons (Fsp3) is 0.708. The molecule has 158 valence electrons. The Bertz CT molecular complexity index is 621. The Balaban J connectivity index is 2.07. The van der Waals surface area contributed by atoms with Crippen molar-refractivity contribution in [2.75, 3.05) is 13.2 Å². The highest BCUT2D eigenvalue weighted by molar-refractivity contribution is 5.73. The van der Waals surface area contributed by atoms with E-state index >= 15 is 0 Å². The minimum atomic E-state index is -0.152. The third kappa shape index (κ3) is 6.51. The molecule has 1 fully saturated rings. The van der Waals surface area contributed by atoms with Gasteiger partial charge in [-0.05, 0) is 76.5 Å². The van der Waals surface area contributed by atoms with Gasteiger partial charge in [0.05, 0.1) is 11.7 Å². The van der Waals surface area contributed by atoms with E-state index in [-0.39, 0.29) is 23.7 Å². The zero-order valence-electron chi connectivity index (χ0n) is 18.8. The van der Waals surface area contributed by atoms with E-state index in [9.17, 15) is 4.79 Å². The number of ether oxygens (including phenoxy) is 2. The molecule has 1 aliphatic heterocycles. The van der Waals surface area contributed by atoms with Crippen LogP contribution in [0.1, 0.15) is 79.2 Å². The summed E-state index contributed by atoms with van der Waals surface area (Å²) in [5.74, 6) is 2.02. The molecule has 0 unspecified atom stereocenters. The van der Waals surface area contributed by atoms with Crippen LogP contribution in [-0.2, 0) is 9.53 Å². The van der Waals surface area contributed by atoms with Crippen LogP contribution in [0.3, 0.4) is 0 Å². The van der Waals surface area contributed by atoms with Crippen molar-refractivity contribution in [1.82, 2.24) is 4.90 Å². The molecule has 0 bridgehead atoms. The van der Waals surface area contributed by atoms with Crippen molar-refractivity contribution >= 4 is 5.91 Å². The lowest BCUT2D eigenvalue weighted by molar-refractivity contribution is -0.138. The standard InChI is InChI=1S/C24H39NO3/c1-17(2)23(20-8-10-22(11-9-20)28-18(3)4)12-14-25(19(5)26)21-13-15-27-24(6,7)16-21/h8-11,17-18,21,23H,12-16H2,1-7H3/t21-,23-/m0/s1. The van der Waals surface area contributed by atoms with Crippen LogP contribution in [0.15, 0.2) is 24.3 Å². The molecule has 0 saturated carbocycles. The van der Waals surface area contributed by atoms with Crippen molar-refractivity contribution in [3.63, 3.8) is 0 Å². The molecule has 2 rings (SSSR count). The highest BCUT2D eigenvalue weighted by Crippen LogP contribution is 2.32. The van der Waals surface area contributed by atoms with Gasteiger partial charge in [-0.15, -0.1) is 0 Å². The molecule has 28 heavy (non-hydrogen) atoms. The number of hydrogen-bond acceptors (Lipinski definition) is 3. The average molecular weight is 390 g/mol. The van der Waals surface area contributed by atoms with Crippen LogP contribution in [0.25, 0.3) is 0 Å². The van der Waals surface area contributed by atoms with Gasteiger partial charge in [0, 0.05) is 26.1 Å². The van der Waals surface area contributed by atoms with E-state index in [1.165, 1.54) is 5.56 Å². The Labute approximate surface area is 171 Å². The average Bonchev–Trinajstić information content (AvgIpc) is 2.57. The molecule has 1 saturated heterocycles. The lowest BCUT2D eigenvalue weighted by Gasteiger charge is -2.41. The van der Waals surface area contributed by atoms with Crippen molar-refractivity contribution < 1.29 is 14.3 Å². The maximum Gasteiger partial charge on any atom is 0.219 e. The minimum absolute atomic E-state index is 0.152. The molecule has 4 nitrogen and oxygen atoms in total. The number of nitrogens with zero attached hydrogens (tertiary/aromatic N) is 1. The van der Waals surface area contributed by atoms with Gasteiger partial charge in [0.15, 0.2) is 0 Å². The van der Waals surface area contributed by atoms with E-state index in [0.29, 0.717) is 11.8 Å². The normalized spacial score (nSPS) is 20.2. The molecule has 2 atom stereocenters. The number of rotatable bonds is 8. The van der Waals surface area contributed by atoms with Gasteiger partial charge in [-0.3, -0.25) is 4.79 Å². The number of amides is 1. The van der Waals surface area contributed by atoms with Gasteiger partial charge in [0.2, 0.25) is 5.91 Å². The Morgan fingerprint density at radius 3 is 2.36 bits per heavy atom. The first-order valence-electron chi connectivity index (χ1n) is 10.8. The summed E-state index contributed by atoms with van der Waals surface area (Å²) in [4.78, 5) is 14.5. The summed E-state index contributed by atoms with van der Waals surface area (Å²) in [5.41, 5.74) is 1.17. The summed E-state index contributed by atoms with van der Waals surface area (Å²) >= 11 is 0. The number of carbonyl (C=O) groups is 1. The van der Waals surface area contributed by atoms with Crippen molar-refractivity contribution in [1.29, 1.82) is 0 Å². The van der Waals surface area contributed by atoms with Crippen molar-refractivity contribution in [2.24, 2.45) is 5.92 Å². The van der Waals surface area contributed by atoms with Crippen molar-refractivity contribution in [2.45, 2.75) is 91.4 Å². The molecular weight excluding hydrogens is 350 g/mol. The van der Waals surface area contributed by atoms with E-state index in [1.807, 2.05) is 13.8 Å². The first-order chi connectivity index (χ1) is 13.1. The fourth-order valence-corrected chi connectivity index (χ4v) is 4.29. The third-order valence-corrected chi connectivity index (χ3v) is 5.68. The smallest absolute Gasteiger partial charge is 0.219 e. The Morgan fingerprint density at radius 2 is 1.86 bits per heavy atom. The van der Waals surface area contributed by atoms with Gasteiger partial charge < -0.3 is 14.4 Å². The largest absolute Gasteiger partial charge is 0.491 e. The van der Waals surface area contributed by atoms with Crippen LogP contribution < -0.4 is 4.74 Å².